The number of hydrogen-bond donors (Lipinski definition) is 4. The van der Waals surface area contributed by atoms with Crippen molar-refractivity contribution in [3.8, 4) is 39.6 Å². The maximum absolute atomic E-state index is 11.1. The average Bonchev–Trinajstić information content (AvgIpc) is 3.26. The van der Waals surface area contributed by atoms with Gasteiger partial charge in [0, 0.05) is 34.1 Å². The van der Waals surface area contributed by atoms with Gasteiger partial charge in [0.15, 0.2) is 5.82 Å². The monoisotopic (exact) mass is 514 g/mol. The lowest BCUT2D eigenvalue weighted by atomic mass is 9.72. The number of nitrogens with zero attached hydrogens (tertiary/aromatic N) is 3. The minimum absolute atomic E-state index is 0.248. The summed E-state index contributed by atoms with van der Waals surface area (Å²) in [6.07, 6.45) is 3.82. The SMILES string of the molecule is NC1(c2ccc(-c3c(-c4ccc(NC(=O)O)cc4)nc4n3-c3cccnc3Nc3ccccc3-4)cc2)CCC1. The molecule has 0 unspecified atom stereocenters. The molecule has 7 rings (SSSR count). The maximum Gasteiger partial charge on any atom is 0.409 e. The Kier molecular flexibility index (Phi) is 5.24. The molecule has 39 heavy (non-hydrogen) atoms. The van der Waals surface area contributed by atoms with Gasteiger partial charge in [0.05, 0.1) is 22.8 Å². The van der Waals surface area contributed by atoms with Crippen molar-refractivity contribution in [3.63, 3.8) is 0 Å². The van der Waals surface area contributed by atoms with Crippen LogP contribution in [0, 0.1) is 0 Å². The van der Waals surface area contributed by atoms with Gasteiger partial charge in [-0.25, -0.2) is 14.8 Å². The molecule has 5 aromatic rings. The molecule has 3 aromatic carbocycles. The summed E-state index contributed by atoms with van der Waals surface area (Å²) in [6, 6.07) is 27.8. The van der Waals surface area contributed by atoms with Crippen molar-refractivity contribution in [1.82, 2.24) is 14.5 Å². The minimum Gasteiger partial charge on any atom is -0.465 e. The van der Waals surface area contributed by atoms with E-state index in [1.165, 1.54) is 0 Å². The molecule has 2 aromatic heterocycles. The fourth-order valence-corrected chi connectivity index (χ4v) is 5.53. The van der Waals surface area contributed by atoms with Crippen molar-refractivity contribution in [1.29, 1.82) is 0 Å². The van der Waals surface area contributed by atoms with Gasteiger partial charge in [-0.2, -0.15) is 0 Å². The van der Waals surface area contributed by atoms with Crippen LogP contribution in [-0.4, -0.2) is 25.7 Å². The molecule has 0 radical (unpaired) electrons. The summed E-state index contributed by atoms with van der Waals surface area (Å²) < 4.78 is 2.16. The molecular formula is C31H26N6O2. The van der Waals surface area contributed by atoms with Gasteiger partial charge in [0.2, 0.25) is 0 Å². The van der Waals surface area contributed by atoms with Crippen molar-refractivity contribution >= 4 is 23.3 Å². The van der Waals surface area contributed by atoms with Gasteiger partial charge in [0.1, 0.15) is 5.82 Å². The minimum atomic E-state index is -1.10. The number of carbonyl (C=O) groups is 1. The van der Waals surface area contributed by atoms with Crippen molar-refractivity contribution in [2.75, 3.05) is 10.6 Å². The maximum atomic E-state index is 11.1. The zero-order valence-electron chi connectivity index (χ0n) is 21.1. The van der Waals surface area contributed by atoms with Gasteiger partial charge in [0.25, 0.3) is 0 Å². The lowest BCUT2D eigenvalue weighted by Gasteiger charge is -2.38. The van der Waals surface area contributed by atoms with Crippen LogP contribution in [0.5, 0.6) is 0 Å². The van der Waals surface area contributed by atoms with Crippen LogP contribution in [0.3, 0.4) is 0 Å². The van der Waals surface area contributed by atoms with Crippen molar-refractivity contribution in [2.45, 2.75) is 24.8 Å². The highest BCUT2D eigenvalue weighted by Crippen LogP contribution is 2.45. The summed E-state index contributed by atoms with van der Waals surface area (Å²) in [5, 5.41) is 15.0. The first-order valence-corrected chi connectivity index (χ1v) is 12.9. The first kappa shape index (κ1) is 23.2. The Morgan fingerprint density at radius 2 is 1.69 bits per heavy atom. The molecular weight excluding hydrogens is 488 g/mol. The molecule has 1 aliphatic heterocycles. The second-order valence-corrected chi connectivity index (χ2v) is 10.1. The number of nitrogens with one attached hydrogen (secondary N) is 2. The summed E-state index contributed by atoms with van der Waals surface area (Å²) >= 11 is 0. The van der Waals surface area contributed by atoms with Gasteiger partial charge < -0.3 is 16.2 Å². The summed E-state index contributed by atoms with van der Waals surface area (Å²) in [5.41, 5.74) is 14.4. The number of benzene rings is 3. The zero-order valence-corrected chi connectivity index (χ0v) is 21.1. The van der Waals surface area contributed by atoms with E-state index in [-0.39, 0.29) is 5.54 Å². The molecule has 8 heteroatoms. The standard InChI is InChI=1S/C31H26N6O2/c32-31(16-4-17-31)21-12-8-20(9-13-21)27-26(19-10-14-22(15-11-19)34-30(38)39)36-29-23-5-1-2-6-24(23)35-28-25(37(27)29)7-3-18-33-28/h1-3,5-15,18,34H,4,16-17,32H2,(H,33,35)(H,38,39). The summed E-state index contributed by atoms with van der Waals surface area (Å²) in [4.78, 5) is 21.0. The van der Waals surface area contributed by atoms with Crippen LogP contribution < -0.4 is 16.4 Å². The van der Waals surface area contributed by atoms with E-state index in [1.807, 2.05) is 42.5 Å². The number of amides is 1. The second kappa shape index (κ2) is 8.82. The topological polar surface area (TPSA) is 118 Å². The third-order valence-corrected chi connectivity index (χ3v) is 7.71. The Morgan fingerprint density at radius 1 is 0.949 bits per heavy atom. The number of hydrogen-bond acceptors (Lipinski definition) is 5. The van der Waals surface area contributed by atoms with Crippen LogP contribution >= 0.6 is 0 Å². The molecule has 5 N–H and O–H groups in total. The Morgan fingerprint density at radius 3 is 2.41 bits per heavy atom. The van der Waals surface area contributed by atoms with E-state index < -0.39 is 6.09 Å². The van der Waals surface area contributed by atoms with E-state index in [0.717, 1.165) is 75.9 Å². The van der Waals surface area contributed by atoms with E-state index in [2.05, 4.69) is 50.5 Å². The van der Waals surface area contributed by atoms with Gasteiger partial charge in [-0.05, 0) is 61.2 Å². The van der Waals surface area contributed by atoms with E-state index in [9.17, 15) is 4.79 Å². The quantitative estimate of drug-likeness (QED) is 0.207. The first-order chi connectivity index (χ1) is 19.0. The molecule has 1 amide bonds. The highest BCUT2D eigenvalue weighted by Gasteiger charge is 2.34. The Hall–Kier alpha value is -4.95. The van der Waals surface area contributed by atoms with Crippen LogP contribution in [0.4, 0.5) is 22.0 Å². The fraction of sp³-hybridized carbons (Fsp3) is 0.129. The van der Waals surface area contributed by atoms with Crippen molar-refractivity contribution in [2.24, 2.45) is 5.73 Å². The number of carboxylic acid groups (broad SMARTS) is 1. The Labute approximate surface area is 225 Å². The molecule has 1 saturated carbocycles. The predicted octanol–water partition coefficient (Wildman–Crippen LogP) is 6.75. The number of nitrogens with two attached hydrogens (primary N) is 1. The van der Waals surface area contributed by atoms with Crippen LogP contribution in [0.1, 0.15) is 24.8 Å². The number of pyridine rings is 1. The predicted molar refractivity (Wildman–Crippen MR) is 152 cm³/mol. The van der Waals surface area contributed by atoms with Crippen LogP contribution in [0.25, 0.3) is 39.6 Å². The van der Waals surface area contributed by atoms with Gasteiger partial charge >= 0.3 is 6.09 Å². The molecule has 1 aliphatic carbocycles. The highest BCUT2D eigenvalue weighted by molar-refractivity contribution is 5.91. The lowest BCUT2D eigenvalue weighted by Crippen LogP contribution is -2.43. The van der Waals surface area contributed by atoms with E-state index in [4.69, 9.17) is 15.8 Å². The second-order valence-electron chi connectivity index (χ2n) is 10.1. The molecule has 0 spiro atoms. The van der Waals surface area contributed by atoms with E-state index >= 15 is 0 Å². The van der Waals surface area contributed by atoms with Gasteiger partial charge in [-0.15, -0.1) is 0 Å². The normalized spacial score (nSPS) is 14.6. The number of para-hydroxylation sites is 1. The number of fused-ring (bicyclic) bond motifs is 5. The molecule has 2 aliphatic rings. The van der Waals surface area contributed by atoms with Crippen molar-refractivity contribution in [3.05, 3.63) is 96.7 Å². The number of rotatable bonds is 4. The first-order valence-electron chi connectivity index (χ1n) is 12.9. The number of aromatic nitrogens is 3. The highest BCUT2D eigenvalue weighted by atomic mass is 16.4. The Bertz CT molecular complexity index is 1720. The number of anilines is 3. The molecule has 0 bridgehead atoms. The summed E-state index contributed by atoms with van der Waals surface area (Å²) in [7, 11) is 0. The molecule has 0 saturated heterocycles. The third kappa shape index (κ3) is 3.84. The lowest BCUT2D eigenvalue weighted by molar-refractivity contribution is 0.209. The van der Waals surface area contributed by atoms with E-state index in [0.29, 0.717) is 5.69 Å². The average molecular weight is 515 g/mol. The Balaban J connectivity index is 1.48. The largest absolute Gasteiger partial charge is 0.465 e. The van der Waals surface area contributed by atoms with Gasteiger partial charge in [-0.3, -0.25) is 9.88 Å². The number of imidazole rings is 1. The molecule has 3 heterocycles. The molecule has 8 nitrogen and oxygen atoms in total. The third-order valence-electron chi connectivity index (χ3n) is 7.71. The van der Waals surface area contributed by atoms with Crippen LogP contribution in [-0.2, 0) is 5.54 Å². The van der Waals surface area contributed by atoms with Crippen LogP contribution in [0.15, 0.2) is 91.1 Å². The summed E-state index contributed by atoms with van der Waals surface area (Å²) in [5.74, 6) is 1.53. The van der Waals surface area contributed by atoms with Crippen molar-refractivity contribution < 1.29 is 9.90 Å². The molecule has 1 fully saturated rings. The molecule has 0 atom stereocenters. The van der Waals surface area contributed by atoms with Gasteiger partial charge in [-0.1, -0.05) is 48.5 Å². The molecule has 192 valence electrons. The van der Waals surface area contributed by atoms with Crippen LogP contribution in [0.2, 0.25) is 0 Å². The summed E-state index contributed by atoms with van der Waals surface area (Å²) in [6.45, 7) is 0. The van der Waals surface area contributed by atoms with E-state index in [1.54, 1.807) is 18.3 Å². The fourth-order valence-electron chi connectivity index (χ4n) is 5.53. The zero-order chi connectivity index (χ0) is 26.6. The smallest absolute Gasteiger partial charge is 0.409 e.